The van der Waals surface area contributed by atoms with Gasteiger partial charge in [-0.2, -0.15) is 0 Å². The average Bonchev–Trinajstić information content (AvgIpc) is 3.22. The third kappa shape index (κ3) is 4.60. The molecule has 19 heavy (non-hydrogen) atoms. The molecule has 0 atom stereocenters. The predicted molar refractivity (Wildman–Crippen MR) is 85.4 cm³/mol. The second-order valence-electron chi connectivity index (χ2n) is 4.99. The zero-order valence-electron chi connectivity index (χ0n) is 10.9. The van der Waals surface area contributed by atoms with E-state index in [9.17, 15) is 4.79 Å². The van der Waals surface area contributed by atoms with E-state index >= 15 is 0 Å². The van der Waals surface area contributed by atoms with Crippen molar-refractivity contribution >= 4 is 37.8 Å². The van der Waals surface area contributed by atoms with Crippen molar-refractivity contribution in [3.05, 3.63) is 34.3 Å². The molecule has 0 bridgehead atoms. The summed E-state index contributed by atoms with van der Waals surface area (Å²) < 4.78 is 1.09. The molecule has 1 aromatic carbocycles. The Morgan fingerprint density at radius 3 is 2.63 bits per heavy atom. The summed E-state index contributed by atoms with van der Waals surface area (Å²) in [5.41, 5.74) is 1.20. The molecule has 2 nitrogen and oxygen atoms in total. The molecule has 4 heteroatoms. The number of amides is 1. The van der Waals surface area contributed by atoms with Crippen molar-refractivity contribution < 1.29 is 4.79 Å². The lowest BCUT2D eigenvalue weighted by Gasteiger charge is -2.23. The Hall–Kier alpha value is -0.350. The van der Waals surface area contributed by atoms with Crippen molar-refractivity contribution in [1.82, 2.24) is 4.90 Å². The van der Waals surface area contributed by atoms with Gasteiger partial charge in [-0.05, 0) is 37.3 Å². The second kappa shape index (κ2) is 7.44. The second-order valence-corrected chi connectivity index (χ2v) is 6.64. The van der Waals surface area contributed by atoms with Crippen LogP contribution < -0.4 is 0 Å². The quantitative estimate of drug-likeness (QED) is 0.497. The van der Waals surface area contributed by atoms with E-state index in [1.807, 2.05) is 18.2 Å². The topological polar surface area (TPSA) is 20.3 Å². The lowest BCUT2D eigenvalue weighted by atomic mass is 10.2. The SMILES string of the molecule is O=C(CCCCBr)N(Cc1ccccc1Br)C1CC1. The van der Waals surface area contributed by atoms with Crippen LogP contribution in [0.4, 0.5) is 0 Å². The molecule has 1 fully saturated rings. The zero-order chi connectivity index (χ0) is 13.7. The van der Waals surface area contributed by atoms with Gasteiger partial charge >= 0.3 is 0 Å². The number of hydrogen-bond acceptors (Lipinski definition) is 1. The highest BCUT2D eigenvalue weighted by Crippen LogP contribution is 2.30. The first-order chi connectivity index (χ1) is 9.22. The maximum absolute atomic E-state index is 12.3. The van der Waals surface area contributed by atoms with Crippen molar-refractivity contribution in [2.75, 3.05) is 5.33 Å². The van der Waals surface area contributed by atoms with Crippen molar-refractivity contribution in [2.24, 2.45) is 0 Å². The van der Waals surface area contributed by atoms with Crippen molar-refractivity contribution in [3.8, 4) is 0 Å². The van der Waals surface area contributed by atoms with Gasteiger partial charge in [0.2, 0.25) is 5.91 Å². The van der Waals surface area contributed by atoms with E-state index in [1.165, 1.54) is 5.56 Å². The molecule has 1 saturated carbocycles. The molecule has 0 unspecified atom stereocenters. The van der Waals surface area contributed by atoms with Crippen LogP contribution >= 0.6 is 31.9 Å². The van der Waals surface area contributed by atoms with E-state index in [4.69, 9.17) is 0 Å². The summed E-state index contributed by atoms with van der Waals surface area (Å²) in [4.78, 5) is 14.4. The summed E-state index contributed by atoms with van der Waals surface area (Å²) in [7, 11) is 0. The molecule has 0 aromatic heterocycles. The number of carbonyl (C=O) groups is 1. The van der Waals surface area contributed by atoms with Gasteiger partial charge in [-0.1, -0.05) is 50.1 Å². The Kier molecular flexibility index (Phi) is 5.89. The van der Waals surface area contributed by atoms with Gasteiger partial charge in [0.1, 0.15) is 0 Å². The molecule has 104 valence electrons. The highest BCUT2D eigenvalue weighted by Gasteiger charge is 2.32. The molecule has 1 aromatic rings. The van der Waals surface area contributed by atoms with Gasteiger partial charge in [0.05, 0.1) is 0 Å². The summed E-state index contributed by atoms with van der Waals surface area (Å²) in [5, 5.41) is 0.980. The van der Waals surface area contributed by atoms with Gasteiger partial charge in [-0.25, -0.2) is 0 Å². The minimum Gasteiger partial charge on any atom is -0.335 e. The van der Waals surface area contributed by atoms with Crippen LogP contribution in [0.1, 0.15) is 37.7 Å². The molecule has 0 spiro atoms. The lowest BCUT2D eigenvalue weighted by Crippen LogP contribution is -2.32. The summed E-state index contributed by atoms with van der Waals surface area (Å²) in [6.45, 7) is 0.735. The van der Waals surface area contributed by atoms with Gasteiger partial charge in [0, 0.05) is 28.8 Å². The molecule has 0 saturated heterocycles. The number of benzene rings is 1. The van der Waals surface area contributed by atoms with Crippen molar-refractivity contribution in [3.63, 3.8) is 0 Å². The normalized spacial score (nSPS) is 14.4. The molecule has 1 aliphatic rings. The Bertz CT molecular complexity index is 432. The first-order valence-corrected chi connectivity index (χ1v) is 8.72. The Balaban J connectivity index is 1.96. The van der Waals surface area contributed by atoms with Crippen molar-refractivity contribution in [2.45, 2.75) is 44.7 Å². The highest BCUT2D eigenvalue weighted by molar-refractivity contribution is 9.10. The van der Waals surface area contributed by atoms with Crippen LogP contribution in [0.2, 0.25) is 0 Å². The largest absolute Gasteiger partial charge is 0.335 e. The first-order valence-electron chi connectivity index (χ1n) is 6.81. The maximum atomic E-state index is 12.3. The third-order valence-corrected chi connectivity index (χ3v) is 4.72. The number of nitrogens with zero attached hydrogens (tertiary/aromatic N) is 1. The van der Waals surface area contributed by atoms with E-state index < -0.39 is 0 Å². The number of carbonyl (C=O) groups excluding carboxylic acids is 1. The molecular weight excluding hydrogens is 370 g/mol. The van der Waals surface area contributed by atoms with E-state index in [0.29, 0.717) is 18.4 Å². The van der Waals surface area contributed by atoms with E-state index in [-0.39, 0.29) is 0 Å². The predicted octanol–water partition coefficient (Wildman–Crippen LogP) is 4.51. The third-order valence-electron chi connectivity index (χ3n) is 3.38. The van der Waals surface area contributed by atoms with Gasteiger partial charge in [-0.3, -0.25) is 4.79 Å². The van der Waals surface area contributed by atoms with Crippen LogP contribution in [-0.2, 0) is 11.3 Å². The number of rotatable bonds is 7. The lowest BCUT2D eigenvalue weighted by molar-refractivity contribution is -0.132. The minimum absolute atomic E-state index is 0.305. The monoisotopic (exact) mass is 387 g/mol. The van der Waals surface area contributed by atoms with E-state index in [1.54, 1.807) is 0 Å². The van der Waals surface area contributed by atoms with Crippen LogP contribution in [0, 0.1) is 0 Å². The standard InChI is InChI=1S/C15H19Br2NO/c16-10-4-3-7-15(19)18(13-8-9-13)11-12-5-1-2-6-14(12)17/h1-2,5-6,13H,3-4,7-11H2. The highest BCUT2D eigenvalue weighted by atomic mass is 79.9. The van der Waals surface area contributed by atoms with Crippen LogP contribution in [-0.4, -0.2) is 22.2 Å². The molecule has 1 amide bonds. The van der Waals surface area contributed by atoms with Crippen LogP contribution in [0.15, 0.2) is 28.7 Å². The number of halogens is 2. The summed E-state index contributed by atoms with van der Waals surface area (Å²) >= 11 is 6.97. The summed E-state index contributed by atoms with van der Waals surface area (Å²) in [5.74, 6) is 0.305. The Labute approximate surface area is 131 Å². The maximum Gasteiger partial charge on any atom is 0.223 e. The fourth-order valence-corrected chi connectivity index (χ4v) is 2.94. The Morgan fingerprint density at radius 2 is 2.00 bits per heavy atom. The van der Waals surface area contributed by atoms with Gasteiger partial charge in [0.15, 0.2) is 0 Å². The van der Waals surface area contributed by atoms with Gasteiger partial charge in [-0.15, -0.1) is 0 Å². The average molecular weight is 389 g/mol. The van der Waals surface area contributed by atoms with Crippen LogP contribution in [0.5, 0.6) is 0 Å². The van der Waals surface area contributed by atoms with E-state index in [0.717, 1.165) is 42.0 Å². The Morgan fingerprint density at radius 1 is 1.26 bits per heavy atom. The summed E-state index contributed by atoms with van der Waals surface area (Å²) in [6, 6.07) is 8.64. The van der Waals surface area contributed by atoms with Gasteiger partial charge in [0.25, 0.3) is 0 Å². The number of alkyl halides is 1. The smallest absolute Gasteiger partial charge is 0.223 e. The molecular formula is C15H19Br2NO. The fraction of sp³-hybridized carbons (Fsp3) is 0.533. The first kappa shape index (κ1) is 15.0. The number of hydrogen-bond donors (Lipinski definition) is 0. The fourth-order valence-electron chi connectivity index (χ4n) is 2.13. The van der Waals surface area contributed by atoms with Crippen LogP contribution in [0.3, 0.4) is 0 Å². The number of unbranched alkanes of at least 4 members (excludes halogenated alkanes) is 1. The molecule has 0 radical (unpaired) electrons. The summed E-state index contributed by atoms with van der Waals surface area (Å²) in [6.07, 6.45) is 5.04. The van der Waals surface area contributed by atoms with E-state index in [2.05, 4.69) is 42.8 Å². The molecule has 0 heterocycles. The minimum atomic E-state index is 0.305. The van der Waals surface area contributed by atoms with Gasteiger partial charge < -0.3 is 4.90 Å². The molecule has 1 aliphatic carbocycles. The zero-order valence-corrected chi connectivity index (χ0v) is 14.1. The molecule has 0 N–H and O–H groups in total. The van der Waals surface area contributed by atoms with Crippen LogP contribution in [0.25, 0.3) is 0 Å². The molecule has 0 aliphatic heterocycles. The van der Waals surface area contributed by atoms with Crippen molar-refractivity contribution in [1.29, 1.82) is 0 Å². The molecule has 2 rings (SSSR count).